The van der Waals surface area contributed by atoms with Gasteiger partial charge in [-0.05, 0) is 43.2 Å². The SMILES string of the molecule is O=C(O)c1cn(C2CC2)c2cc(N3CCN([C@H]4CC(=O)N(c5cc(Cl)cc(Cl)c5)C4=O)CC3)c(F)cc2c1=O. The normalized spacial score (nSPS) is 20.3. The van der Waals surface area contributed by atoms with Gasteiger partial charge in [-0.2, -0.15) is 0 Å². The van der Waals surface area contributed by atoms with Gasteiger partial charge < -0.3 is 14.6 Å². The van der Waals surface area contributed by atoms with Gasteiger partial charge in [0.05, 0.1) is 29.4 Å². The molecule has 6 rings (SSSR count). The summed E-state index contributed by atoms with van der Waals surface area (Å²) in [7, 11) is 0. The summed E-state index contributed by atoms with van der Waals surface area (Å²) in [6.45, 7) is 1.62. The van der Waals surface area contributed by atoms with Crippen molar-refractivity contribution in [2.45, 2.75) is 31.3 Å². The molecule has 3 fully saturated rings. The predicted octanol–water partition coefficient (Wildman–Crippen LogP) is 3.93. The molecule has 2 amide bonds. The van der Waals surface area contributed by atoms with Crippen LogP contribution < -0.4 is 15.2 Å². The minimum atomic E-state index is -1.34. The van der Waals surface area contributed by atoms with Gasteiger partial charge in [0, 0.05) is 53.8 Å². The first-order valence-corrected chi connectivity index (χ1v) is 13.3. The molecule has 1 atom stereocenters. The Morgan fingerprint density at radius 2 is 1.62 bits per heavy atom. The van der Waals surface area contributed by atoms with Gasteiger partial charge in [0.1, 0.15) is 11.4 Å². The van der Waals surface area contributed by atoms with Crippen LogP contribution in [0.2, 0.25) is 10.0 Å². The summed E-state index contributed by atoms with van der Waals surface area (Å²) in [4.78, 5) is 55.2. The lowest BCUT2D eigenvalue weighted by molar-refractivity contribution is -0.123. The summed E-state index contributed by atoms with van der Waals surface area (Å²) in [6, 6.07) is 6.73. The Morgan fingerprint density at radius 1 is 0.949 bits per heavy atom. The smallest absolute Gasteiger partial charge is 0.341 e. The molecule has 2 saturated heterocycles. The third kappa shape index (κ3) is 4.56. The van der Waals surface area contributed by atoms with Crippen LogP contribution in [0.5, 0.6) is 0 Å². The molecule has 2 aromatic carbocycles. The maximum Gasteiger partial charge on any atom is 0.341 e. The molecule has 3 aliphatic rings. The van der Waals surface area contributed by atoms with Crippen LogP contribution in [-0.2, 0) is 9.59 Å². The quantitative estimate of drug-likeness (QED) is 0.462. The third-order valence-corrected chi connectivity index (χ3v) is 8.03. The number of fused-ring (bicyclic) bond motifs is 1. The fraction of sp³-hybridized carbons (Fsp3) is 0.333. The average Bonchev–Trinajstić information content (AvgIpc) is 3.68. The molecule has 1 aromatic heterocycles. The van der Waals surface area contributed by atoms with E-state index in [4.69, 9.17) is 23.2 Å². The molecule has 1 N–H and O–H groups in total. The molecule has 1 saturated carbocycles. The van der Waals surface area contributed by atoms with E-state index in [-0.39, 0.29) is 35.2 Å². The molecule has 0 bridgehead atoms. The molecule has 2 aliphatic heterocycles. The van der Waals surface area contributed by atoms with Crippen molar-refractivity contribution < 1.29 is 23.9 Å². The number of benzene rings is 2. The van der Waals surface area contributed by atoms with Crippen molar-refractivity contribution in [1.29, 1.82) is 0 Å². The number of hydrogen-bond acceptors (Lipinski definition) is 6. The van der Waals surface area contributed by atoms with Crippen LogP contribution >= 0.6 is 23.2 Å². The summed E-state index contributed by atoms with van der Waals surface area (Å²) in [5, 5.41) is 10.1. The number of carboxylic acids is 1. The van der Waals surface area contributed by atoms with Gasteiger partial charge in [-0.25, -0.2) is 14.1 Å². The van der Waals surface area contributed by atoms with Gasteiger partial charge in [0.15, 0.2) is 0 Å². The highest BCUT2D eigenvalue weighted by atomic mass is 35.5. The molecule has 39 heavy (non-hydrogen) atoms. The fourth-order valence-electron chi connectivity index (χ4n) is 5.52. The molecule has 3 heterocycles. The molecule has 202 valence electrons. The number of halogens is 3. The minimum Gasteiger partial charge on any atom is -0.477 e. The summed E-state index contributed by atoms with van der Waals surface area (Å²) >= 11 is 12.1. The number of carbonyl (C=O) groups excluding carboxylic acids is 2. The zero-order valence-corrected chi connectivity index (χ0v) is 22.1. The van der Waals surface area contributed by atoms with Gasteiger partial charge in [-0.3, -0.25) is 19.3 Å². The Kier molecular flexibility index (Phi) is 6.36. The van der Waals surface area contributed by atoms with Crippen LogP contribution in [0.4, 0.5) is 15.8 Å². The molecule has 0 spiro atoms. The van der Waals surface area contributed by atoms with Gasteiger partial charge in [-0.15, -0.1) is 0 Å². The van der Waals surface area contributed by atoms with E-state index in [2.05, 4.69) is 0 Å². The first-order valence-electron chi connectivity index (χ1n) is 12.6. The summed E-state index contributed by atoms with van der Waals surface area (Å²) in [5.74, 6) is -2.65. The van der Waals surface area contributed by atoms with E-state index in [1.54, 1.807) is 10.6 Å². The number of aromatic carboxylic acids is 1. The average molecular weight is 573 g/mol. The Labute approximate surface area is 231 Å². The zero-order valence-electron chi connectivity index (χ0n) is 20.6. The maximum atomic E-state index is 15.3. The predicted molar refractivity (Wildman–Crippen MR) is 145 cm³/mol. The number of anilines is 2. The molecule has 1 aliphatic carbocycles. The Bertz CT molecular complexity index is 1590. The molecular formula is C27H23Cl2FN4O5. The molecule has 0 radical (unpaired) electrons. The molecule has 3 aromatic rings. The lowest BCUT2D eigenvalue weighted by atomic mass is 10.1. The lowest BCUT2D eigenvalue weighted by Crippen LogP contribution is -2.52. The highest BCUT2D eigenvalue weighted by Crippen LogP contribution is 2.38. The van der Waals surface area contributed by atoms with Gasteiger partial charge in [0.2, 0.25) is 11.3 Å². The van der Waals surface area contributed by atoms with E-state index < -0.39 is 23.3 Å². The largest absolute Gasteiger partial charge is 0.477 e. The van der Waals surface area contributed by atoms with Crippen LogP contribution in [0, 0.1) is 5.82 Å². The van der Waals surface area contributed by atoms with Crippen molar-refractivity contribution in [3.63, 3.8) is 0 Å². The van der Waals surface area contributed by atoms with Crippen LogP contribution in [0.25, 0.3) is 10.9 Å². The van der Waals surface area contributed by atoms with E-state index in [9.17, 15) is 24.3 Å². The number of aromatic nitrogens is 1. The van der Waals surface area contributed by atoms with Crippen LogP contribution in [-0.4, -0.2) is 64.6 Å². The number of carboxylic acid groups (broad SMARTS) is 1. The van der Waals surface area contributed by atoms with Crippen LogP contribution in [0.3, 0.4) is 0 Å². The minimum absolute atomic E-state index is 0.0207. The first-order chi connectivity index (χ1) is 18.6. The molecular weight excluding hydrogens is 550 g/mol. The standard InChI is InChI=1S/C27H23Cl2FN4O5/c28-14-7-15(29)9-17(8-14)34-24(35)12-23(26(34)37)32-5-3-31(4-6-32)22-11-21-18(10-20(22)30)25(36)19(27(38)39)13-33(21)16-1-2-16/h7-11,13,16,23H,1-6,12H2,(H,38,39)/t23-/m0/s1. The van der Waals surface area contributed by atoms with Crippen LogP contribution in [0.1, 0.15) is 35.7 Å². The molecule has 0 unspecified atom stereocenters. The van der Waals surface area contributed by atoms with Crippen molar-refractivity contribution in [3.8, 4) is 0 Å². The van der Waals surface area contributed by atoms with E-state index in [0.29, 0.717) is 53.1 Å². The van der Waals surface area contributed by atoms with E-state index >= 15 is 4.39 Å². The number of rotatable bonds is 5. The number of hydrogen-bond donors (Lipinski definition) is 1. The molecule has 12 heteroatoms. The Hall–Kier alpha value is -3.47. The highest BCUT2D eigenvalue weighted by molar-refractivity contribution is 6.35. The summed E-state index contributed by atoms with van der Waals surface area (Å²) in [6.07, 6.45) is 3.09. The monoisotopic (exact) mass is 572 g/mol. The Morgan fingerprint density at radius 3 is 2.23 bits per heavy atom. The highest BCUT2D eigenvalue weighted by Gasteiger charge is 2.43. The van der Waals surface area contributed by atoms with Gasteiger partial charge in [0.25, 0.3) is 5.91 Å². The van der Waals surface area contributed by atoms with E-state index in [0.717, 1.165) is 23.8 Å². The lowest BCUT2D eigenvalue weighted by Gasteiger charge is -2.38. The van der Waals surface area contributed by atoms with Crippen molar-refractivity contribution in [1.82, 2.24) is 9.47 Å². The van der Waals surface area contributed by atoms with Crippen molar-refractivity contribution in [2.75, 3.05) is 36.0 Å². The topological polar surface area (TPSA) is 103 Å². The summed E-state index contributed by atoms with van der Waals surface area (Å²) < 4.78 is 17.1. The van der Waals surface area contributed by atoms with Crippen molar-refractivity contribution >= 4 is 63.3 Å². The maximum absolute atomic E-state index is 15.3. The van der Waals surface area contributed by atoms with Gasteiger partial charge in [-0.1, -0.05) is 23.2 Å². The number of amides is 2. The number of imide groups is 1. The fourth-order valence-corrected chi connectivity index (χ4v) is 6.04. The summed E-state index contributed by atoms with van der Waals surface area (Å²) in [5.41, 5.74) is 0.0519. The second-order valence-electron chi connectivity index (χ2n) is 10.1. The first kappa shape index (κ1) is 25.8. The van der Waals surface area contributed by atoms with E-state index in [1.165, 1.54) is 24.4 Å². The second kappa shape index (κ2) is 9.62. The number of nitrogens with zero attached hydrogens (tertiary/aromatic N) is 4. The number of piperazine rings is 1. The second-order valence-corrected chi connectivity index (χ2v) is 10.9. The number of pyridine rings is 1. The van der Waals surface area contributed by atoms with E-state index in [1.807, 2.05) is 9.80 Å². The molecule has 9 nitrogen and oxygen atoms in total. The number of carbonyl (C=O) groups is 3. The van der Waals surface area contributed by atoms with Gasteiger partial charge >= 0.3 is 5.97 Å². The third-order valence-electron chi connectivity index (χ3n) is 7.60. The van der Waals surface area contributed by atoms with Crippen molar-refractivity contribution in [2.24, 2.45) is 0 Å². The van der Waals surface area contributed by atoms with Crippen LogP contribution in [0.15, 0.2) is 41.3 Å². The zero-order chi connectivity index (χ0) is 27.6. The Balaban J connectivity index is 1.23. The van der Waals surface area contributed by atoms with Crippen molar-refractivity contribution in [3.05, 3.63) is 68.2 Å².